The number of carbonyl (C=O) groups excluding carboxylic acids is 3. The van der Waals surface area contributed by atoms with Crippen LogP contribution in [0.25, 0.3) is 11.1 Å². The Morgan fingerprint density at radius 2 is 1.74 bits per heavy atom. The number of rotatable bonds is 7. The van der Waals surface area contributed by atoms with Crippen molar-refractivity contribution in [3.63, 3.8) is 0 Å². The van der Waals surface area contributed by atoms with Crippen molar-refractivity contribution in [3.05, 3.63) is 60.5 Å². The van der Waals surface area contributed by atoms with Crippen LogP contribution in [0.1, 0.15) is 43.3 Å². The molecule has 3 heterocycles. The van der Waals surface area contributed by atoms with E-state index in [-0.39, 0.29) is 36.2 Å². The number of amides is 3. The molecule has 0 spiro atoms. The van der Waals surface area contributed by atoms with Crippen molar-refractivity contribution >= 4 is 38.7 Å². The van der Waals surface area contributed by atoms with Gasteiger partial charge in [0.2, 0.25) is 11.7 Å². The van der Waals surface area contributed by atoms with Gasteiger partial charge in [0.05, 0.1) is 16.2 Å². The molecular formula is C27H30N4O6S. The average Bonchev–Trinajstić information content (AvgIpc) is 3.71. The Hall–Kier alpha value is -3.73. The van der Waals surface area contributed by atoms with Gasteiger partial charge >= 0.3 is 6.03 Å². The molecule has 0 radical (unpaired) electrons. The van der Waals surface area contributed by atoms with Crippen molar-refractivity contribution < 1.29 is 27.2 Å². The molecule has 0 aliphatic carbocycles. The zero-order chi connectivity index (χ0) is 26.9. The third kappa shape index (κ3) is 4.90. The molecule has 2 aliphatic heterocycles. The van der Waals surface area contributed by atoms with Crippen molar-refractivity contribution in [2.24, 2.45) is 0 Å². The van der Waals surface area contributed by atoms with Crippen LogP contribution in [0.2, 0.25) is 0 Å². The normalized spacial score (nSPS) is 20.6. The van der Waals surface area contributed by atoms with Crippen LogP contribution in [0.3, 0.4) is 0 Å². The Morgan fingerprint density at radius 3 is 2.42 bits per heavy atom. The Balaban J connectivity index is 1.38. The van der Waals surface area contributed by atoms with Gasteiger partial charge in [-0.1, -0.05) is 37.3 Å². The molecule has 200 valence electrons. The number of fused-ring (bicyclic) bond motifs is 1. The monoisotopic (exact) mass is 538 g/mol. The second kappa shape index (κ2) is 10.6. The van der Waals surface area contributed by atoms with Gasteiger partial charge in [-0.3, -0.25) is 9.59 Å². The average molecular weight is 539 g/mol. The number of sulfone groups is 1. The van der Waals surface area contributed by atoms with Crippen molar-refractivity contribution in [2.75, 3.05) is 19.6 Å². The summed E-state index contributed by atoms with van der Waals surface area (Å²) in [7, 11) is -3.79. The van der Waals surface area contributed by atoms with E-state index in [1.807, 2.05) is 0 Å². The van der Waals surface area contributed by atoms with E-state index >= 15 is 0 Å². The fourth-order valence-electron chi connectivity index (χ4n) is 5.12. The maximum absolute atomic E-state index is 13.5. The second-order valence-corrected chi connectivity index (χ2v) is 11.9. The van der Waals surface area contributed by atoms with E-state index in [4.69, 9.17) is 4.42 Å². The summed E-state index contributed by atoms with van der Waals surface area (Å²) in [5.41, 5.74) is 0.994. The fraction of sp³-hybridized carbons (Fsp3) is 0.407. The number of hydrogen-bond donors (Lipinski definition) is 1. The van der Waals surface area contributed by atoms with Crippen molar-refractivity contribution in [2.45, 2.75) is 54.8 Å². The van der Waals surface area contributed by atoms with Gasteiger partial charge in [0.15, 0.2) is 15.4 Å². The molecule has 10 nitrogen and oxygen atoms in total. The first-order valence-corrected chi connectivity index (χ1v) is 14.4. The van der Waals surface area contributed by atoms with Gasteiger partial charge < -0.3 is 19.5 Å². The minimum Gasteiger partial charge on any atom is -0.434 e. The number of carbonyl (C=O) groups is 3. The molecular weight excluding hydrogens is 508 g/mol. The minimum atomic E-state index is -3.79. The van der Waals surface area contributed by atoms with Gasteiger partial charge in [0.25, 0.3) is 5.89 Å². The number of urea groups is 1. The summed E-state index contributed by atoms with van der Waals surface area (Å²) in [4.78, 5) is 47.5. The van der Waals surface area contributed by atoms with E-state index in [1.165, 1.54) is 17.0 Å². The van der Waals surface area contributed by atoms with Crippen LogP contribution >= 0.6 is 0 Å². The quantitative estimate of drug-likeness (QED) is 0.458. The zero-order valence-electron chi connectivity index (χ0n) is 21.1. The predicted octanol–water partition coefficient (Wildman–Crippen LogP) is 3.04. The van der Waals surface area contributed by atoms with Gasteiger partial charge in [0.1, 0.15) is 11.6 Å². The predicted molar refractivity (Wildman–Crippen MR) is 139 cm³/mol. The molecule has 38 heavy (non-hydrogen) atoms. The number of para-hydroxylation sites is 2. The van der Waals surface area contributed by atoms with Crippen LogP contribution in [0.4, 0.5) is 4.79 Å². The highest BCUT2D eigenvalue weighted by atomic mass is 32.2. The summed E-state index contributed by atoms with van der Waals surface area (Å²) in [6, 6.07) is 12.7. The van der Waals surface area contributed by atoms with Gasteiger partial charge in [0, 0.05) is 19.6 Å². The standard InChI is InChI=1S/C27H30N4O6S/c1-2-20(24(32)26-29-21-12-6-7-13-23(21)37-26)28-25(33)22-16-19(38(35,36)18-10-4-3-5-11-18)17-31(22)27(34)30-14-8-9-15-30/h3-7,10-13,19-20,22H,2,8-9,14-17H2,1H3,(H,28,33)/t19-,20?,22+/m1/s1. The molecule has 2 fully saturated rings. The third-order valence-corrected chi connectivity index (χ3v) is 9.39. The lowest BCUT2D eigenvalue weighted by Gasteiger charge is -2.29. The molecule has 3 aromatic rings. The largest absolute Gasteiger partial charge is 0.434 e. The molecule has 1 unspecified atom stereocenters. The molecule has 0 saturated carbocycles. The van der Waals surface area contributed by atoms with Crippen LogP contribution in [0.5, 0.6) is 0 Å². The minimum absolute atomic E-state index is 0.0594. The number of likely N-dealkylation sites (tertiary alicyclic amines) is 2. The summed E-state index contributed by atoms with van der Waals surface area (Å²) in [6.45, 7) is 2.78. The van der Waals surface area contributed by atoms with Crippen molar-refractivity contribution in [1.29, 1.82) is 0 Å². The first-order valence-electron chi connectivity index (χ1n) is 12.8. The first-order chi connectivity index (χ1) is 18.3. The molecule has 5 rings (SSSR count). The maximum atomic E-state index is 13.5. The number of Topliss-reactive ketones (excluding diaryl/α,β-unsaturated/α-hetero) is 1. The molecule has 11 heteroatoms. The van der Waals surface area contributed by atoms with E-state index in [0.29, 0.717) is 24.2 Å². The number of hydrogen-bond acceptors (Lipinski definition) is 7. The summed E-state index contributed by atoms with van der Waals surface area (Å²) < 4.78 is 32.4. The van der Waals surface area contributed by atoms with E-state index in [1.54, 1.807) is 54.3 Å². The molecule has 1 aromatic heterocycles. The van der Waals surface area contributed by atoms with Gasteiger partial charge in [-0.25, -0.2) is 18.2 Å². The Kier molecular flexibility index (Phi) is 7.20. The van der Waals surface area contributed by atoms with Crippen LogP contribution in [-0.4, -0.2) is 77.9 Å². The molecule has 1 N–H and O–H groups in total. The number of ketones is 1. The molecule has 2 aromatic carbocycles. The third-order valence-electron chi connectivity index (χ3n) is 7.24. The number of benzene rings is 2. The number of oxazole rings is 1. The molecule has 3 amide bonds. The zero-order valence-corrected chi connectivity index (χ0v) is 21.9. The van der Waals surface area contributed by atoms with Gasteiger partial charge in [-0.05, 0) is 49.9 Å². The van der Waals surface area contributed by atoms with Crippen LogP contribution in [0.15, 0.2) is 63.9 Å². The lowest BCUT2D eigenvalue weighted by molar-refractivity contribution is -0.125. The molecule has 0 bridgehead atoms. The first kappa shape index (κ1) is 25.9. The number of aromatic nitrogens is 1. The van der Waals surface area contributed by atoms with Crippen LogP contribution < -0.4 is 5.32 Å². The SMILES string of the molecule is CCC(NC(=O)[C@@H]1C[C@@H](S(=O)(=O)c2ccccc2)CN1C(=O)N1CCCC1)C(=O)c1nc2ccccc2o1. The van der Waals surface area contributed by atoms with E-state index in [9.17, 15) is 22.8 Å². The summed E-state index contributed by atoms with van der Waals surface area (Å²) >= 11 is 0. The summed E-state index contributed by atoms with van der Waals surface area (Å²) in [6.07, 6.45) is 1.93. The lowest BCUT2D eigenvalue weighted by atomic mass is 10.1. The lowest BCUT2D eigenvalue weighted by Crippen LogP contribution is -2.53. The molecule has 2 saturated heterocycles. The fourth-order valence-corrected chi connectivity index (χ4v) is 6.84. The van der Waals surface area contributed by atoms with E-state index in [0.717, 1.165) is 12.8 Å². The van der Waals surface area contributed by atoms with E-state index in [2.05, 4.69) is 10.3 Å². The second-order valence-electron chi connectivity index (χ2n) is 9.68. The van der Waals surface area contributed by atoms with Crippen LogP contribution in [-0.2, 0) is 14.6 Å². The Labute approximate surface area is 220 Å². The Bertz CT molecular complexity index is 1420. The smallest absolute Gasteiger partial charge is 0.320 e. The number of nitrogens with zero attached hydrogens (tertiary/aromatic N) is 3. The van der Waals surface area contributed by atoms with Crippen LogP contribution in [0, 0.1) is 0 Å². The highest BCUT2D eigenvalue weighted by Crippen LogP contribution is 2.30. The molecule has 2 aliphatic rings. The number of nitrogens with one attached hydrogen (secondary N) is 1. The van der Waals surface area contributed by atoms with Gasteiger partial charge in [-0.2, -0.15) is 0 Å². The van der Waals surface area contributed by atoms with Crippen molar-refractivity contribution in [3.8, 4) is 0 Å². The topological polar surface area (TPSA) is 130 Å². The van der Waals surface area contributed by atoms with Crippen molar-refractivity contribution in [1.82, 2.24) is 20.1 Å². The summed E-state index contributed by atoms with van der Waals surface area (Å²) in [5, 5.41) is 1.80. The Morgan fingerprint density at radius 1 is 1.05 bits per heavy atom. The summed E-state index contributed by atoms with van der Waals surface area (Å²) in [5.74, 6) is -1.17. The van der Waals surface area contributed by atoms with E-state index < -0.39 is 38.9 Å². The maximum Gasteiger partial charge on any atom is 0.320 e. The highest BCUT2D eigenvalue weighted by molar-refractivity contribution is 7.92. The highest BCUT2D eigenvalue weighted by Gasteiger charge is 2.47. The van der Waals surface area contributed by atoms with Gasteiger partial charge in [-0.15, -0.1) is 0 Å². The molecule has 3 atom stereocenters.